The number of hydrogen-bond acceptors (Lipinski definition) is 3. The van der Waals surface area contributed by atoms with E-state index in [2.05, 4.69) is 5.32 Å². The molecule has 35 heavy (non-hydrogen) atoms. The van der Waals surface area contributed by atoms with Crippen LogP contribution in [0.5, 0.6) is 0 Å². The van der Waals surface area contributed by atoms with Gasteiger partial charge in [-0.15, -0.1) is 0 Å². The first-order chi connectivity index (χ1) is 15.9. The summed E-state index contributed by atoms with van der Waals surface area (Å²) < 4.78 is 140. The van der Waals surface area contributed by atoms with Gasteiger partial charge in [0.25, 0.3) is 5.91 Å². The fourth-order valence-corrected chi connectivity index (χ4v) is 3.16. The predicted molar refractivity (Wildman–Crippen MR) is 101 cm³/mol. The van der Waals surface area contributed by atoms with Crippen LogP contribution >= 0.6 is 0 Å². The molecule has 0 radical (unpaired) electrons. The van der Waals surface area contributed by atoms with E-state index in [-0.39, 0.29) is 17.7 Å². The summed E-state index contributed by atoms with van der Waals surface area (Å²) in [7, 11) is 0.986. The predicted octanol–water partition coefficient (Wildman–Crippen LogP) is 6.33. The van der Waals surface area contributed by atoms with Crippen LogP contribution < -0.4 is 5.32 Å². The maximum absolute atomic E-state index is 14.9. The molecule has 2 aromatic rings. The standard InChI is InChI=1S/C21H14F10N2O2/c1-10-5-14(18(23,20(26,27)28)19(24,25)21(29,30)31)6-13(9-35-2)16(10)33-17(34)11-3-4-12(8-32)15(22)7-11/h3-7H,9H2,1-2H3,(H,33,34). The molecular formula is C21H14F10N2O2. The summed E-state index contributed by atoms with van der Waals surface area (Å²) in [6.07, 6.45) is -13.6. The maximum Gasteiger partial charge on any atom is 0.457 e. The van der Waals surface area contributed by atoms with Crippen LogP contribution in [0.3, 0.4) is 0 Å². The van der Waals surface area contributed by atoms with Crippen LogP contribution in [-0.2, 0) is 17.0 Å². The zero-order valence-corrected chi connectivity index (χ0v) is 17.6. The number of nitrogens with one attached hydrogen (secondary N) is 1. The van der Waals surface area contributed by atoms with E-state index in [0.29, 0.717) is 6.07 Å². The van der Waals surface area contributed by atoms with E-state index >= 15 is 0 Å². The number of aryl methyl sites for hydroxylation is 1. The highest BCUT2D eigenvalue weighted by Crippen LogP contribution is 2.58. The Bertz CT molecular complexity index is 1170. The minimum absolute atomic E-state index is 0.0681. The minimum Gasteiger partial charge on any atom is -0.380 e. The summed E-state index contributed by atoms with van der Waals surface area (Å²) in [5.74, 6) is -9.03. The topological polar surface area (TPSA) is 62.1 Å². The second-order valence-electron chi connectivity index (χ2n) is 7.25. The van der Waals surface area contributed by atoms with Gasteiger partial charge in [0.15, 0.2) is 0 Å². The van der Waals surface area contributed by atoms with Gasteiger partial charge in [-0.25, -0.2) is 8.78 Å². The second-order valence-corrected chi connectivity index (χ2v) is 7.25. The minimum atomic E-state index is -6.90. The van der Waals surface area contributed by atoms with E-state index < -0.39 is 70.2 Å². The molecule has 0 saturated carbocycles. The van der Waals surface area contributed by atoms with Gasteiger partial charge in [0, 0.05) is 29.5 Å². The molecule has 1 amide bonds. The number of anilines is 1. The molecular weight excluding hydrogens is 502 g/mol. The van der Waals surface area contributed by atoms with Crippen molar-refractivity contribution in [3.63, 3.8) is 0 Å². The molecule has 190 valence electrons. The smallest absolute Gasteiger partial charge is 0.380 e. The molecule has 0 bridgehead atoms. The van der Waals surface area contributed by atoms with Crippen molar-refractivity contribution < 1.29 is 53.4 Å². The molecule has 2 rings (SSSR count). The molecule has 4 nitrogen and oxygen atoms in total. The summed E-state index contributed by atoms with van der Waals surface area (Å²) in [5, 5.41) is 10.9. The third-order valence-electron chi connectivity index (χ3n) is 4.88. The summed E-state index contributed by atoms with van der Waals surface area (Å²) in [6.45, 7) is 0.178. The molecule has 0 heterocycles. The number of nitriles is 1. The Morgan fingerprint density at radius 1 is 1.00 bits per heavy atom. The number of alkyl halides is 9. The number of nitrogens with zero attached hydrogens (tertiary/aromatic N) is 1. The molecule has 1 atom stereocenters. The first-order valence-electron chi connectivity index (χ1n) is 9.26. The Hall–Kier alpha value is -3.34. The number of ether oxygens (including phenoxy) is 1. The number of hydrogen-bond donors (Lipinski definition) is 1. The van der Waals surface area contributed by atoms with Crippen LogP contribution in [-0.4, -0.2) is 31.3 Å². The zero-order chi connectivity index (χ0) is 27.0. The van der Waals surface area contributed by atoms with Gasteiger partial charge < -0.3 is 10.1 Å². The molecule has 2 aromatic carbocycles. The number of methoxy groups -OCH3 is 1. The number of amides is 1. The van der Waals surface area contributed by atoms with Crippen molar-refractivity contribution in [3.8, 4) is 6.07 Å². The van der Waals surface area contributed by atoms with Crippen LogP contribution in [0, 0.1) is 24.1 Å². The Morgan fingerprint density at radius 3 is 2.06 bits per heavy atom. The number of halogens is 10. The highest BCUT2D eigenvalue weighted by molar-refractivity contribution is 6.05. The third-order valence-corrected chi connectivity index (χ3v) is 4.88. The average molecular weight is 516 g/mol. The third kappa shape index (κ3) is 4.90. The zero-order valence-electron chi connectivity index (χ0n) is 17.6. The molecule has 1 unspecified atom stereocenters. The van der Waals surface area contributed by atoms with Crippen molar-refractivity contribution >= 4 is 11.6 Å². The van der Waals surface area contributed by atoms with Gasteiger partial charge in [-0.3, -0.25) is 4.79 Å². The molecule has 0 aliphatic heterocycles. The number of rotatable bonds is 6. The van der Waals surface area contributed by atoms with Crippen molar-refractivity contribution in [2.24, 2.45) is 0 Å². The summed E-state index contributed by atoms with van der Waals surface area (Å²) in [6, 6.07) is 4.30. The molecule has 0 fully saturated rings. The summed E-state index contributed by atoms with van der Waals surface area (Å²) in [4.78, 5) is 12.5. The Labute approximate surface area is 191 Å². The lowest BCUT2D eigenvalue weighted by Gasteiger charge is -2.36. The first-order valence-corrected chi connectivity index (χ1v) is 9.26. The highest BCUT2D eigenvalue weighted by Gasteiger charge is 2.81. The second kappa shape index (κ2) is 9.37. The van der Waals surface area contributed by atoms with E-state index in [1.54, 1.807) is 0 Å². The van der Waals surface area contributed by atoms with Gasteiger partial charge in [0.2, 0.25) is 0 Å². The first kappa shape index (κ1) is 27.9. The van der Waals surface area contributed by atoms with Gasteiger partial charge in [0.1, 0.15) is 11.9 Å². The lowest BCUT2D eigenvalue weighted by Crippen LogP contribution is -2.59. The Balaban J connectivity index is 2.66. The normalized spacial score (nSPS) is 14.3. The van der Waals surface area contributed by atoms with Crippen molar-refractivity contribution in [2.75, 3.05) is 12.4 Å². The van der Waals surface area contributed by atoms with Crippen molar-refractivity contribution in [1.29, 1.82) is 5.26 Å². The van der Waals surface area contributed by atoms with Crippen molar-refractivity contribution in [1.82, 2.24) is 0 Å². The highest BCUT2D eigenvalue weighted by atomic mass is 19.4. The van der Waals surface area contributed by atoms with E-state index in [1.165, 1.54) is 6.07 Å². The Morgan fingerprint density at radius 2 is 1.60 bits per heavy atom. The monoisotopic (exact) mass is 516 g/mol. The maximum atomic E-state index is 14.9. The van der Waals surface area contributed by atoms with Crippen LogP contribution in [0.25, 0.3) is 0 Å². The largest absolute Gasteiger partial charge is 0.457 e. The van der Waals surface area contributed by atoms with Gasteiger partial charge in [-0.05, 0) is 36.8 Å². The van der Waals surface area contributed by atoms with E-state index in [1.807, 2.05) is 0 Å². The van der Waals surface area contributed by atoms with Gasteiger partial charge in [-0.2, -0.15) is 40.4 Å². The fraction of sp³-hybridized carbons (Fsp3) is 0.333. The molecule has 0 spiro atoms. The average Bonchev–Trinajstić information content (AvgIpc) is 2.73. The van der Waals surface area contributed by atoms with Crippen LogP contribution in [0.1, 0.15) is 32.6 Å². The van der Waals surface area contributed by atoms with Crippen LogP contribution in [0.2, 0.25) is 0 Å². The van der Waals surface area contributed by atoms with Gasteiger partial charge in [-0.1, -0.05) is 6.07 Å². The molecule has 0 aromatic heterocycles. The molecule has 14 heteroatoms. The molecule has 0 aliphatic carbocycles. The van der Waals surface area contributed by atoms with E-state index in [9.17, 15) is 48.7 Å². The SMILES string of the molecule is COCc1cc(C(F)(C(F)(F)F)C(F)(F)C(F)(F)F)cc(C)c1NC(=O)c1ccc(C#N)c(F)c1. The fourth-order valence-electron chi connectivity index (χ4n) is 3.16. The van der Waals surface area contributed by atoms with Crippen molar-refractivity contribution in [3.05, 3.63) is 64.0 Å². The Kier molecular flexibility index (Phi) is 7.47. The van der Waals surface area contributed by atoms with E-state index in [0.717, 1.165) is 26.2 Å². The number of benzene rings is 2. The number of carbonyl (C=O) groups excluding carboxylic acids is 1. The van der Waals surface area contributed by atoms with Crippen LogP contribution in [0.15, 0.2) is 30.3 Å². The summed E-state index contributed by atoms with van der Waals surface area (Å²) in [5.41, 5.74) is -10.5. The quantitative estimate of drug-likeness (QED) is 0.457. The van der Waals surface area contributed by atoms with Gasteiger partial charge >= 0.3 is 23.9 Å². The number of carbonyl (C=O) groups is 1. The van der Waals surface area contributed by atoms with Crippen molar-refractivity contribution in [2.45, 2.75) is 37.5 Å². The van der Waals surface area contributed by atoms with Gasteiger partial charge in [0.05, 0.1) is 12.2 Å². The summed E-state index contributed by atoms with van der Waals surface area (Å²) >= 11 is 0. The van der Waals surface area contributed by atoms with Crippen LogP contribution in [0.4, 0.5) is 49.6 Å². The lowest BCUT2D eigenvalue weighted by atomic mass is 9.85. The molecule has 1 N–H and O–H groups in total. The lowest BCUT2D eigenvalue weighted by molar-refractivity contribution is -0.389. The van der Waals surface area contributed by atoms with E-state index in [4.69, 9.17) is 10.00 Å². The molecule has 0 saturated heterocycles. The molecule has 0 aliphatic rings.